The highest BCUT2D eigenvalue weighted by Gasteiger charge is 2.24. The SMILES string of the molecule is CCCNC(Cc1c(Cl)cccc1Cl)C1CCCCCC1. The summed E-state index contributed by atoms with van der Waals surface area (Å²) >= 11 is 12.7. The molecule has 1 aliphatic carbocycles. The van der Waals surface area contributed by atoms with E-state index in [1.165, 1.54) is 44.9 Å². The van der Waals surface area contributed by atoms with Gasteiger partial charge in [0.2, 0.25) is 0 Å². The van der Waals surface area contributed by atoms with Gasteiger partial charge in [-0.15, -0.1) is 0 Å². The maximum atomic E-state index is 6.37. The van der Waals surface area contributed by atoms with Crippen LogP contribution in [-0.2, 0) is 6.42 Å². The van der Waals surface area contributed by atoms with Crippen LogP contribution in [0, 0.1) is 5.92 Å². The summed E-state index contributed by atoms with van der Waals surface area (Å²) in [5.41, 5.74) is 1.11. The van der Waals surface area contributed by atoms with Crippen LogP contribution >= 0.6 is 23.2 Å². The summed E-state index contributed by atoms with van der Waals surface area (Å²) in [6.07, 6.45) is 10.3. The van der Waals surface area contributed by atoms with Crippen molar-refractivity contribution in [1.29, 1.82) is 0 Å². The summed E-state index contributed by atoms with van der Waals surface area (Å²) in [7, 11) is 0. The van der Waals surface area contributed by atoms with E-state index < -0.39 is 0 Å². The molecule has 0 radical (unpaired) electrons. The normalized spacial score (nSPS) is 18.4. The van der Waals surface area contributed by atoms with E-state index in [0.29, 0.717) is 6.04 Å². The van der Waals surface area contributed by atoms with Crippen molar-refractivity contribution in [3.8, 4) is 0 Å². The molecule has 1 atom stereocenters. The topological polar surface area (TPSA) is 12.0 Å². The fourth-order valence-corrected chi connectivity index (χ4v) is 3.95. The van der Waals surface area contributed by atoms with E-state index in [1.807, 2.05) is 18.2 Å². The fourth-order valence-electron chi connectivity index (χ4n) is 3.40. The molecule has 0 spiro atoms. The van der Waals surface area contributed by atoms with Gasteiger partial charge in [0.15, 0.2) is 0 Å². The van der Waals surface area contributed by atoms with Crippen molar-refractivity contribution in [2.45, 2.75) is 64.3 Å². The highest BCUT2D eigenvalue weighted by Crippen LogP contribution is 2.31. The molecular weight excluding hydrogens is 301 g/mol. The van der Waals surface area contributed by atoms with Crippen molar-refractivity contribution in [3.63, 3.8) is 0 Å². The minimum absolute atomic E-state index is 0.500. The van der Waals surface area contributed by atoms with Crippen LogP contribution in [0.5, 0.6) is 0 Å². The number of nitrogens with one attached hydrogen (secondary N) is 1. The zero-order valence-electron chi connectivity index (χ0n) is 13.0. The van der Waals surface area contributed by atoms with E-state index in [4.69, 9.17) is 23.2 Å². The monoisotopic (exact) mass is 327 g/mol. The quantitative estimate of drug-likeness (QED) is 0.644. The largest absolute Gasteiger partial charge is 0.313 e. The van der Waals surface area contributed by atoms with Crippen molar-refractivity contribution in [1.82, 2.24) is 5.32 Å². The molecule has 1 unspecified atom stereocenters. The van der Waals surface area contributed by atoms with Gasteiger partial charge in [0.05, 0.1) is 0 Å². The van der Waals surface area contributed by atoms with Crippen LogP contribution in [0.4, 0.5) is 0 Å². The van der Waals surface area contributed by atoms with Gasteiger partial charge in [-0.1, -0.05) is 61.9 Å². The second-order valence-corrected chi connectivity index (χ2v) is 7.03. The Bertz CT molecular complexity index is 405. The van der Waals surface area contributed by atoms with Crippen molar-refractivity contribution in [2.75, 3.05) is 6.54 Å². The predicted molar refractivity (Wildman–Crippen MR) is 93.4 cm³/mol. The van der Waals surface area contributed by atoms with Crippen molar-refractivity contribution in [2.24, 2.45) is 5.92 Å². The first-order chi connectivity index (χ1) is 10.2. The summed E-state index contributed by atoms with van der Waals surface area (Å²) in [5.74, 6) is 0.756. The Balaban J connectivity index is 2.11. The van der Waals surface area contributed by atoms with E-state index in [9.17, 15) is 0 Å². The number of hydrogen-bond acceptors (Lipinski definition) is 1. The number of hydrogen-bond donors (Lipinski definition) is 1. The predicted octanol–water partition coefficient (Wildman–Crippen LogP) is 5.87. The summed E-state index contributed by atoms with van der Waals surface area (Å²) in [6.45, 7) is 3.29. The average molecular weight is 328 g/mol. The third-order valence-corrected chi connectivity index (χ3v) is 5.32. The molecule has 0 bridgehead atoms. The van der Waals surface area contributed by atoms with E-state index in [0.717, 1.165) is 34.5 Å². The molecule has 0 saturated heterocycles. The van der Waals surface area contributed by atoms with E-state index >= 15 is 0 Å². The molecule has 2 rings (SSSR count). The molecule has 1 nitrogen and oxygen atoms in total. The highest BCUT2D eigenvalue weighted by molar-refractivity contribution is 6.36. The minimum atomic E-state index is 0.500. The fraction of sp³-hybridized carbons (Fsp3) is 0.667. The number of benzene rings is 1. The molecule has 1 aromatic rings. The maximum absolute atomic E-state index is 6.37. The molecule has 0 aromatic heterocycles. The molecule has 1 N–H and O–H groups in total. The Kier molecular flexibility index (Phi) is 7.36. The zero-order chi connectivity index (χ0) is 15.1. The first-order valence-electron chi connectivity index (χ1n) is 8.38. The molecule has 0 amide bonds. The van der Waals surface area contributed by atoms with Gasteiger partial charge in [0.1, 0.15) is 0 Å². The molecule has 118 valence electrons. The first-order valence-corrected chi connectivity index (χ1v) is 9.14. The van der Waals surface area contributed by atoms with Crippen molar-refractivity contribution < 1.29 is 0 Å². The lowest BCUT2D eigenvalue weighted by molar-refractivity contribution is 0.317. The van der Waals surface area contributed by atoms with Crippen LogP contribution < -0.4 is 5.32 Å². The number of halogens is 2. The highest BCUT2D eigenvalue weighted by atomic mass is 35.5. The van der Waals surface area contributed by atoms with E-state index in [-0.39, 0.29) is 0 Å². The second kappa shape index (κ2) is 9.02. The molecule has 0 heterocycles. The van der Waals surface area contributed by atoms with Gasteiger partial charge in [0, 0.05) is 16.1 Å². The van der Waals surface area contributed by atoms with Crippen molar-refractivity contribution >= 4 is 23.2 Å². The van der Waals surface area contributed by atoms with Gasteiger partial charge >= 0.3 is 0 Å². The summed E-state index contributed by atoms with van der Waals surface area (Å²) < 4.78 is 0. The first kappa shape index (κ1) is 17.1. The van der Waals surface area contributed by atoms with Gasteiger partial charge in [-0.25, -0.2) is 0 Å². The van der Waals surface area contributed by atoms with Gasteiger partial charge in [-0.05, 0) is 55.8 Å². The second-order valence-electron chi connectivity index (χ2n) is 6.22. The molecule has 1 aliphatic rings. The third kappa shape index (κ3) is 5.16. The smallest absolute Gasteiger partial charge is 0.0453 e. The van der Waals surface area contributed by atoms with Crippen LogP contribution in [0.3, 0.4) is 0 Å². The molecular formula is C18H27Cl2N. The molecule has 3 heteroatoms. The van der Waals surface area contributed by atoms with Crippen LogP contribution in [0.1, 0.15) is 57.4 Å². The minimum Gasteiger partial charge on any atom is -0.313 e. The molecule has 1 aromatic carbocycles. The van der Waals surface area contributed by atoms with Crippen molar-refractivity contribution in [3.05, 3.63) is 33.8 Å². The Morgan fingerprint density at radius 1 is 1.10 bits per heavy atom. The maximum Gasteiger partial charge on any atom is 0.0453 e. The standard InChI is InChI=1S/C18H27Cl2N/c1-2-12-21-18(14-8-5-3-4-6-9-14)13-15-16(19)10-7-11-17(15)20/h7,10-11,14,18,21H,2-6,8-9,12-13H2,1H3. The summed E-state index contributed by atoms with van der Waals surface area (Å²) in [5, 5.41) is 5.36. The molecule has 0 aliphatic heterocycles. The Hall–Kier alpha value is -0.240. The van der Waals surface area contributed by atoms with Crippen LogP contribution in [0.15, 0.2) is 18.2 Å². The van der Waals surface area contributed by atoms with Gasteiger partial charge in [0.25, 0.3) is 0 Å². The summed E-state index contributed by atoms with van der Waals surface area (Å²) in [6, 6.07) is 6.33. The lowest BCUT2D eigenvalue weighted by atomic mass is 9.87. The zero-order valence-corrected chi connectivity index (χ0v) is 14.5. The lowest BCUT2D eigenvalue weighted by Gasteiger charge is -2.28. The van der Waals surface area contributed by atoms with E-state index in [1.54, 1.807) is 0 Å². The Morgan fingerprint density at radius 3 is 2.29 bits per heavy atom. The molecule has 1 fully saturated rings. The number of rotatable bonds is 6. The Morgan fingerprint density at radius 2 is 1.71 bits per heavy atom. The van der Waals surface area contributed by atoms with Crippen LogP contribution in [0.2, 0.25) is 10.0 Å². The van der Waals surface area contributed by atoms with Gasteiger partial charge < -0.3 is 5.32 Å². The van der Waals surface area contributed by atoms with Crippen LogP contribution in [-0.4, -0.2) is 12.6 Å². The molecule has 1 saturated carbocycles. The van der Waals surface area contributed by atoms with Gasteiger partial charge in [-0.3, -0.25) is 0 Å². The average Bonchev–Trinajstić information content (AvgIpc) is 2.75. The third-order valence-electron chi connectivity index (χ3n) is 4.61. The Labute approximate surface area is 139 Å². The summed E-state index contributed by atoms with van der Waals surface area (Å²) in [4.78, 5) is 0. The molecule has 21 heavy (non-hydrogen) atoms. The van der Waals surface area contributed by atoms with Gasteiger partial charge in [-0.2, -0.15) is 0 Å². The van der Waals surface area contributed by atoms with E-state index in [2.05, 4.69) is 12.2 Å². The lowest BCUT2D eigenvalue weighted by Crippen LogP contribution is -2.38. The van der Waals surface area contributed by atoms with Crippen LogP contribution in [0.25, 0.3) is 0 Å².